The molecular formula is C18H26N4O. The van der Waals surface area contributed by atoms with Gasteiger partial charge < -0.3 is 5.11 Å². The first-order valence-corrected chi connectivity index (χ1v) is 8.39. The molecule has 0 unspecified atom stereocenters. The van der Waals surface area contributed by atoms with E-state index in [2.05, 4.69) is 21.7 Å². The Morgan fingerprint density at radius 3 is 2.57 bits per heavy atom. The highest BCUT2D eigenvalue weighted by Crippen LogP contribution is 2.16. The van der Waals surface area contributed by atoms with Crippen molar-refractivity contribution in [2.75, 3.05) is 26.2 Å². The van der Waals surface area contributed by atoms with Crippen LogP contribution in [-0.2, 0) is 6.54 Å². The van der Waals surface area contributed by atoms with Gasteiger partial charge in [0.25, 0.3) is 0 Å². The van der Waals surface area contributed by atoms with Gasteiger partial charge in [0.1, 0.15) is 0 Å². The summed E-state index contributed by atoms with van der Waals surface area (Å²) >= 11 is 0. The van der Waals surface area contributed by atoms with Crippen LogP contribution in [0.5, 0.6) is 0 Å². The molecule has 124 valence electrons. The SMILES string of the molecule is Cc1nc2ccccc2nc1CN1CCN(C[C@H](C)O)[C@@H](C)C1. The molecule has 0 saturated carbocycles. The minimum atomic E-state index is -0.266. The standard InChI is InChI=1S/C18H26N4O/c1-13-10-21(8-9-22(13)11-14(2)23)12-18-15(3)19-16-6-4-5-7-17(16)20-18/h4-7,13-14,23H,8-12H2,1-3H3/t13-,14-/m0/s1. The maximum absolute atomic E-state index is 9.59. The number of fused-ring (bicyclic) bond motifs is 1. The second kappa shape index (κ2) is 6.91. The summed E-state index contributed by atoms with van der Waals surface area (Å²) in [7, 11) is 0. The lowest BCUT2D eigenvalue weighted by Gasteiger charge is -2.40. The molecule has 1 fully saturated rings. The molecule has 1 saturated heterocycles. The first-order valence-electron chi connectivity index (χ1n) is 8.39. The average Bonchev–Trinajstić information content (AvgIpc) is 2.50. The maximum Gasteiger partial charge on any atom is 0.0890 e. The van der Waals surface area contributed by atoms with Crippen LogP contribution in [0, 0.1) is 6.92 Å². The van der Waals surface area contributed by atoms with Crippen molar-refractivity contribution in [3.63, 3.8) is 0 Å². The van der Waals surface area contributed by atoms with Crippen molar-refractivity contribution in [2.45, 2.75) is 39.5 Å². The summed E-state index contributed by atoms with van der Waals surface area (Å²) in [5.41, 5.74) is 4.01. The summed E-state index contributed by atoms with van der Waals surface area (Å²) in [6.45, 7) is 10.7. The van der Waals surface area contributed by atoms with Crippen molar-refractivity contribution in [1.29, 1.82) is 0 Å². The molecule has 0 bridgehead atoms. The lowest BCUT2D eigenvalue weighted by Crippen LogP contribution is -2.53. The fourth-order valence-corrected chi connectivity index (χ4v) is 3.31. The zero-order chi connectivity index (χ0) is 16.4. The van der Waals surface area contributed by atoms with E-state index in [9.17, 15) is 5.11 Å². The largest absolute Gasteiger partial charge is 0.392 e. The number of hydrogen-bond donors (Lipinski definition) is 1. The van der Waals surface area contributed by atoms with Crippen molar-refractivity contribution in [1.82, 2.24) is 19.8 Å². The summed E-state index contributed by atoms with van der Waals surface area (Å²) in [5.74, 6) is 0. The number of para-hydroxylation sites is 2. The number of aliphatic hydroxyl groups is 1. The molecule has 2 heterocycles. The summed E-state index contributed by atoms with van der Waals surface area (Å²) in [4.78, 5) is 14.3. The van der Waals surface area contributed by atoms with Gasteiger partial charge in [-0.1, -0.05) is 12.1 Å². The molecule has 23 heavy (non-hydrogen) atoms. The minimum Gasteiger partial charge on any atom is -0.392 e. The summed E-state index contributed by atoms with van der Waals surface area (Å²) in [5, 5.41) is 9.59. The number of hydrogen-bond acceptors (Lipinski definition) is 5. The van der Waals surface area contributed by atoms with Crippen molar-refractivity contribution in [3.05, 3.63) is 35.7 Å². The fraction of sp³-hybridized carbons (Fsp3) is 0.556. The second-order valence-corrected chi connectivity index (χ2v) is 6.67. The van der Waals surface area contributed by atoms with Crippen LogP contribution < -0.4 is 0 Å². The normalized spacial score (nSPS) is 21.7. The Hall–Kier alpha value is -1.56. The highest BCUT2D eigenvalue weighted by molar-refractivity contribution is 5.74. The summed E-state index contributed by atoms with van der Waals surface area (Å²) < 4.78 is 0. The zero-order valence-electron chi connectivity index (χ0n) is 14.2. The summed E-state index contributed by atoms with van der Waals surface area (Å²) in [6, 6.07) is 8.49. The number of piperazine rings is 1. The molecule has 0 radical (unpaired) electrons. The number of aliphatic hydroxyl groups excluding tert-OH is 1. The van der Waals surface area contributed by atoms with E-state index in [0.717, 1.165) is 55.1 Å². The van der Waals surface area contributed by atoms with Gasteiger partial charge in [0, 0.05) is 38.8 Å². The zero-order valence-corrected chi connectivity index (χ0v) is 14.2. The van der Waals surface area contributed by atoms with E-state index in [-0.39, 0.29) is 6.10 Å². The van der Waals surface area contributed by atoms with E-state index in [1.807, 2.05) is 38.1 Å². The monoisotopic (exact) mass is 314 g/mol. The molecule has 1 N–H and O–H groups in total. The smallest absolute Gasteiger partial charge is 0.0890 e. The lowest BCUT2D eigenvalue weighted by atomic mass is 10.1. The highest BCUT2D eigenvalue weighted by Gasteiger charge is 2.25. The van der Waals surface area contributed by atoms with Crippen LogP contribution in [0.1, 0.15) is 25.2 Å². The van der Waals surface area contributed by atoms with Gasteiger partial charge in [-0.3, -0.25) is 9.80 Å². The van der Waals surface area contributed by atoms with Gasteiger partial charge in [-0.15, -0.1) is 0 Å². The number of nitrogens with zero attached hydrogens (tertiary/aromatic N) is 4. The molecule has 2 atom stereocenters. The quantitative estimate of drug-likeness (QED) is 0.933. The van der Waals surface area contributed by atoms with Crippen molar-refractivity contribution < 1.29 is 5.11 Å². The van der Waals surface area contributed by atoms with E-state index in [1.54, 1.807) is 0 Å². The maximum atomic E-state index is 9.59. The Morgan fingerprint density at radius 1 is 1.22 bits per heavy atom. The number of β-amino-alcohol motifs (C(OH)–C–C–N with tert-alkyl or cyclic N) is 1. The van der Waals surface area contributed by atoms with Crippen LogP contribution in [0.15, 0.2) is 24.3 Å². The molecule has 0 amide bonds. The topological polar surface area (TPSA) is 52.5 Å². The Bertz CT molecular complexity index is 673. The van der Waals surface area contributed by atoms with Crippen LogP contribution in [0.3, 0.4) is 0 Å². The van der Waals surface area contributed by atoms with Crippen LogP contribution in [0.25, 0.3) is 11.0 Å². The molecule has 0 aliphatic carbocycles. The lowest BCUT2D eigenvalue weighted by molar-refractivity contribution is 0.0418. The number of aromatic nitrogens is 2. The molecule has 3 rings (SSSR count). The van der Waals surface area contributed by atoms with Crippen LogP contribution >= 0.6 is 0 Å². The minimum absolute atomic E-state index is 0.266. The molecule has 2 aromatic rings. The average molecular weight is 314 g/mol. The number of benzene rings is 1. The molecule has 1 aliphatic heterocycles. The third-order valence-corrected chi connectivity index (χ3v) is 4.56. The van der Waals surface area contributed by atoms with Gasteiger partial charge in [-0.25, -0.2) is 9.97 Å². The van der Waals surface area contributed by atoms with Gasteiger partial charge >= 0.3 is 0 Å². The Morgan fingerprint density at radius 2 is 1.91 bits per heavy atom. The fourth-order valence-electron chi connectivity index (χ4n) is 3.31. The predicted octanol–water partition coefficient (Wildman–Crippen LogP) is 1.83. The van der Waals surface area contributed by atoms with Crippen LogP contribution in [0.4, 0.5) is 0 Å². The Labute approximate surface area is 138 Å². The molecule has 1 aromatic carbocycles. The Balaban J connectivity index is 1.69. The van der Waals surface area contributed by atoms with Crippen molar-refractivity contribution in [2.24, 2.45) is 0 Å². The third-order valence-electron chi connectivity index (χ3n) is 4.56. The van der Waals surface area contributed by atoms with E-state index in [1.165, 1.54) is 0 Å². The highest BCUT2D eigenvalue weighted by atomic mass is 16.3. The molecule has 5 nitrogen and oxygen atoms in total. The second-order valence-electron chi connectivity index (χ2n) is 6.67. The van der Waals surface area contributed by atoms with Crippen molar-refractivity contribution >= 4 is 11.0 Å². The molecule has 0 spiro atoms. The molecule has 1 aromatic heterocycles. The molecule has 5 heteroatoms. The van der Waals surface area contributed by atoms with Gasteiger partial charge in [-0.2, -0.15) is 0 Å². The van der Waals surface area contributed by atoms with Gasteiger partial charge in [-0.05, 0) is 32.9 Å². The van der Waals surface area contributed by atoms with E-state index in [0.29, 0.717) is 6.04 Å². The van der Waals surface area contributed by atoms with Crippen LogP contribution in [-0.4, -0.2) is 63.2 Å². The first-order chi connectivity index (χ1) is 11.0. The van der Waals surface area contributed by atoms with Gasteiger partial charge in [0.2, 0.25) is 0 Å². The predicted molar refractivity (Wildman–Crippen MR) is 92.3 cm³/mol. The first kappa shape index (κ1) is 16.3. The van der Waals surface area contributed by atoms with Gasteiger partial charge in [0.05, 0.1) is 28.5 Å². The van der Waals surface area contributed by atoms with E-state index in [4.69, 9.17) is 4.98 Å². The van der Waals surface area contributed by atoms with E-state index < -0.39 is 0 Å². The van der Waals surface area contributed by atoms with Gasteiger partial charge in [0.15, 0.2) is 0 Å². The summed E-state index contributed by atoms with van der Waals surface area (Å²) in [6.07, 6.45) is -0.266. The Kier molecular flexibility index (Phi) is 4.90. The number of rotatable bonds is 4. The molecule has 1 aliphatic rings. The van der Waals surface area contributed by atoms with Crippen LogP contribution in [0.2, 0.25) is 0 Å². The third kappa shape index (κ3) is 3.86. The molecular weight excluding hydrogens is 288 g/mol. The number of aryl methyl sites for hydroxylation is 1. The van der Waals surface area contributed by atoms with Crippen molar-refractivity contribution in [3.8, 4) is 0 Å². The van der Waals surface area contributed by atoms with E-state index >= 15 is 0 Å².